The third-order valence-electron chi connectivity index (χ3n) is 3.25. The lowest BCUT2D eigenvalue weighted by molar-refractivity contribution is -0.129. The normalized spacial score (nSPS) is 23.5. The van der Waals surface area contributed by atoms with Crippen LogP contribution >= 0.6 is 0 Å². The van der Waals surface area contributed by atoms with Crippen molar-refractivity contribution in [2.24, 2.45) is 5.92 Å². The van der Waals surface area contributed by atoms with Gasteiger partial charge in [-0.05, 0) is 13.3 Å². The molecule has 0 saturated carbocycles. The average molecular weight is 240 g/mol. The van der Waals surface area contributed by atoms with Gasteiger partial charge in [0.25, 0.3) is 0 Å². The number of piperidine rings is 1. The van der Waals surface area contributed by atoms with Crippen LogP contribution in [0.5, 0.6) is 0 Å². The molecule has 0 aromatic heterocycles. The van der Waals surface area contributed by atoms with Crippen molar-refractivity contribution in [2.45, 2.75) is 46.1 Å². The van der Waals surface area contributed by atoms with E-state index >= 15 is 0 Å². The SMILES string of the molecule is CCCC(C)NC(=O)CN1CCC(=O)C(C)C1. The van der Waals surface area contributed by atoms with Crippen LogP contribution in [0.2, 0.25) is 0 Å². The molecular weight excluding hydrogens is 216 g/mol. The number of likely N-dealkylation sites (tertiary alicyclic amines) is 1. The smallest absolute Gasteiger partial charge is 0.234 e. The van der Waals surface area contributed by atoms with Crippen molar-refractivity contribution in [1.82, 2.24) is 10.2 Å². The van der Waals surface area contributed by atoms with Gasteiger partial charge in [0.1, 0.15) is 5.78 Å². The van der Waals surface area contributed by atoms with Crippen LogP contribution in [-0.2, 0) is 9.59 Å². The second-order valence-electron chi connectivity index (χ2n) is 5.11. The molecule has 1 saturated heterocycles. The second-order valence-corrected chi connectivity index (χ2v) is 5.11. The van der Waals surface area contributed by atoms with Crippen LogP contribution in [0.4, 0.5) is 0 Å². The van der Waals surface area contributed by atoms with Crippen LogP contribution in [0, 0.1) is 5.92 Å². The van der Waals surface area contributed by atoms with Crippen LogP contribution in [0.1, 0.15) is 40.0 Å². The first kappa shape index (κ1) is 14.2. The molecule has 2 atom stereocenters. The molecule has 0 aliphatic carbocycles. The van der Waals surface area contributed by atoms with E-state index in [1.165, 1.54) is 0 Å². The van der Waals surface area contributed by atoms with Crippen LogP contribution in [0.15, 0.2) is 0 Å². The lowest BCUT2D eigenvalue weighted by atomic mass is 9.99. The number of carbonyl (C=O) groups excluding carboxylic acids is 2. The Hall–Kier alpha value is -0.900. The number of nitrogens with zero attached hydrogens (tertiary/aromatic N) is 1. The van der Waals surface area contributed by atoms with Gasteiger partial charge in [-0.15, -0.1) is 0 Å². The van der Waals surface area contributed by atoms with Crippen LogP contribution in [0.3, 0.4) is 0 Å². The van der Waals surface area contributed by atoms with Crippen molar-refractivity contribution < 1.29 is 9.59 Å². The molecule has 17 heavy (non-hydrogen) atoms. The average Bonchev–Trinajstić information content (AvgIpc) is 2.23. The van der Waals surface area contributed by atoms with Gasteiger partial charge in [0, 0.05) is 31.5 Å². The standard InChI is InChI=1S/C13H24N2O2/c1-4-5-11(3)14-13(17)9-15-7-6-12(16)10(2)8-15/h10-11H,4-9H2,1-3H3,(H,14,17). The van der Waals surface area contributed by atoms with E-state index in [4.69, 9.17) is 0 Å². The summed E-state index contributed by atoms with van der Waals surface area (Å²) in [4.78, 5) is 25.2. The third-order valence-corrected chi connectivity index (χ3v) is 3.25. The molecule has 1 aliphatic heterocycles. The van der Waals surface area contributed by atoms with Crippen molar-refractivity contribution in [3.63, 3.8) is 0 Å². The van der Waals surface area contributed by atoms with Crippen molar-refractivity contribution in [3.8, 4) is 0 Å². The zero-order valence-electron chi connectivity index (χ0n) is 11.2. The van der Waals surface area contributed by atoms with Gasteiger partial charge in [-0.1, -0.05) is 20.3 Å². The fraction of sp³-hybridized carbons (Fsp3) is 0.846. The molecule has 1 N–H and O–H groups in total. The van der Waals surface area contributed by atoms with Gasteiger partial charge in [0.05, 0.1) is 6.54 Å². The monoisotopic (exact) mass is 240 g/mol. The molecule has 1 heterocycles. The fourth-order valence-corrected chi connectivity index (χ4v) is 2.27. The Labute approximate surface area is 104 Å². The van der Waals surface area contributed by atoms with Crippen molar-refractivity contribution >= 4 is 11.7 Å². The number of Topliss-reactive ketones (excluding diaryl/α,β-unsaturated/α-hetero) is 1. The maximum atomic E-state index is 11.7. The van der Waals surface area contributed by atoms with Crippen molar-refractivity contribution in [2.75, 3.05) is 19.6 Å². The van der Waals surface area contributed by atoms with Gasteiger partial charge in [-0.3, -0.25) is 14.5 Å². The van der Waals surface area contributed by atoms with E-state index in [0.717, 1.165) is 19.4 Å². The largest absolute Gasteiger partial charge is 0.353 e. The fourth-order valence-electron chi connectivity index (χ4n) is 2.27. The topological polar surface area (TPSA) is 49.4 Å². The van der Waals surface area contributed by atoms with E-state index in [1.54, 1.807) is 0 Å². The van der Waals surface area contributed by atoms with Gasteiger partial charge < -0.3 is 5.32 Å². The number of hydrogen-bond donors (Lipinski definition) is 1. The number of carbonyl (C=O) groups is 2. The molecule has 0 aromatic carbocycles. The van der Waals surface area contributed by atoms with E-state index in [-0.39, 0.29) is 17.9 Å². The predicted molar refractivity (Wildman–Crippen MR) is 67.7 cm³/mol. The highest BCUT2D eigenvalue weighted by atomic mass is 16.2. The number of ketones is 1. The summed E-state index contributed by atoms with van der Waals surface area (Å²) < 4.78 is 0. The molecule has 0 bridgehead atoms. The molecule has 1 amide bonds. The minimum Gasteiger partial charge on any atom is -0.353 e. The van der Waals surface area contributed by atoms with Gasteiger partial charge in [-0.25, -0.2) is 0 Å². The molecule has 4 heteroatoms. The molecule has 0 spiro atoms. The Morgan fingerprint density at radius 2 is 2.29 bits per heavy atom. The van der Waals surface area contributed by atoms with Crippen LogP contribution in [-0.4, -0.2) is 42.3 Å². The minimum absolute atomic E-state index is 0.0737. The molecular formula is C13H24N2O2. The summed E-state index contributed by atoms with van der Waals surface area (Å²) in [5.41, 5.74) is 0. The quantitative estimate of drug-likeness (QED) is 0.785. The summed E-state index contributed by atoms with van der Waals surface area (Å²) in [6.07, 6.45) is 2.68. The van der Waals surface area contributed by atoms with Crippen LogP contribution < -0.4 is 5.32 Å². The molecule has 2 unspecified atom stereocenters. The summed E-state index contributed by atoms with van der Waals surface area (Å²) in [7, 11) is 0. The zero-order chi connectivity index (χ0) is 12.8. The molecule has 1 fully saturated rings. The molecule has 4 nitrogen and oxygen atoms in total. The first-order valence-electron chi connectivity index (χ1n) is 6.57. The Kier molecular flexibility index (Phi) is 5.62. The second kappa shape index (κ2) is 6.74. The van der Waals surface area contributed by atoms with Gasteiger partial charge in [0.2, 0.25) is 5.91 Å². The molecule has 0 radical (unpaired) electrons. The third kappa shape index (κ3) is 4.86. The van der Waals surface area contributed by atoms with E-state index in [1.807, 2.05) is 13.8 Å². The first-order chi connectivity index (χ1) is 8.02. The highest BCUT2D eigenvalue weighted by Gasteiger charge is 2.24. The van der Waals surface area contributed by atoms with Gasteiger partial charge in [0.15, 0.2) is 0 Å². The summed E-state index contributed by atoms with van der Waals surface area (Å²) >= 11 is 0. The highest BCUT2D eigenvalue weighted by molar-refractivity contribution is 5.82. The predicted octanol–water partition coefficient (Wildman–Crippen LogP) is 1.20. The Morgan fingerprint density at radius 3 is 2.88 bits per heavy atom. The van der Waals surface area contributed by atoms with Crippen molar-refractivity contribution in [1.29, 1.82) is 0 Å². The molecule has 0 aromatic rings. The summed E-state index contributed by atoms with van der Waals surface area (Å²) in [5, 5.41) is 2.99. The Bertz CT molecular complexity index is 279. The maximum Gasteiger partial charge on any atom is 0.234 e. The number of hydrogen-bond acceptors (Lipinski definition) is 3. The molecule has 1 rings (SSSR count). The van der Waals surface area contributed by atoms with Crippen molar-refractivity contribution in [3.05, 3.63) is 0 Å². The Balaban J connectivity index is 2.29. The Morgan fingerprint density at radius 1 is 1.59 bits per heavy atom. The minimum atomic E-state index is 0.0737. The van der Waals surface area contributed by atoms with E-state index in [0.29, 0.717) is 25.3 Å². The van der Waals surface area contributed by atoms with Crippen LogP contribution in [0.25, 0.3) is 0 Å². The van der Waals surface area contributed by atoms with E-state index in [2.05, 4.69) is 17.1 Å². The lowest BCUT2D eigenvalue weighted by Crippen LogP contribution is -2.46. The molecule has 1 aliphatic rings. The summed E-state index contributed by atoms with van der Waals surface area (Å²) in [6.45, 7) is 7.94. The number of rotatable bonds is 5. The summed E-state index contributed by atoms with van der Waals surface area (Å²) in [6, 6.07) is 0.247. The maximum absolute atomic E-state index is 11.7. The molecule has 98 valence electrons. The lowest BCUT2D eigenvalue weighted by Gasteiger charge is -2.29. The number of amides is 1. The highest BCUT2D eigenvalue weighted by Crippen LogP contribution is 2.11. The van der Waals surface area contributed by atoms with E-state index in [9.17, 15) is 9.59 Å². The van der Waals surface area contributed by atoms with Gasteiger partial charge in [-0.2, -0.15) is 0 Å². The summed E-state index contributed by atoms with van der Waals surface area (Å²) in [5.74, 6) is 0.470. The zero-order valence-corrected chi connectivity index (χ0v) is 11.2. The first-order valence-corrected chi connectivity index (χ1v) is 6.57. The van der Waals surface area contributed by atoms with E-state index < -0.39 is 0 Å². The van der Waals surface area contributed by atoms with Gasteiger partial charge >= 0.3 is 0 Å². The number of nitrogens with one attached hydrogen (secondary N) is 1.